The zero-order valence-corrected chi connectivity index (χ0v) is 14.6. The van der Waals surface area contributed by atoms with Crippen molar-refractivity contribution in [3.8, 4) is 0 Å². The SMILES string of the molecule is C=Cc1ccc(C(=O)OCC(=O)c2c(C)cc(C)c(C)c2C)cc1. The van der Waals surface area contributed by atoms with Crippen LogP contribution in [-0.4, -0.2) is 18.4 Å². The van der Waals surface area contributed by atoms with Crippen LogP contribution in [0.15, 0.2) is 36.9 Å². The lowest BCUT2D eigenvalue weighted by Crippen LogP contribution is -2.17. The first-order valence-corrected chi connectivity index (χ1v) is 7.85. The van der Waals surface area contributed by atoms with Gasteiger partial charge in [-0.1, -0.05) is 30.9 Å². The van der Waals surface area contributed by atoms with E-state index in [0.29, 0.717) is 11.1 Å². The molecule has 2 aromatic carbocycles. The molecule has 3 nitrogen and oxygen atoms in total. The van der Waals surface area contributed by atoms with E-state index in [4.69, 9.17) is 4.74 Å². The second-order valence-electron chi connectivity index (χ2n) is 5.96. The van der Waals surface area contributed by atoms with Gasteiger partial charge in [0.2, 0.25) is 5.78 Å². The Kier molecular flexibility index (Phi) is 5.35. The van der Waals surface area contributed by atoms with Crippen molar-refractivity contribution in [3.05, 3.63) is 75.9 Å². The number of benzene rings is 2. The lowest BCUT2D eigenvalue weighted by atomic mass is 9.92. The van der Waals surface area contributed by atoms with Crippen LogP contribution >= 0.6 is 0 Å². The Bertz CT molecular complexity index is 799. The third-order valence-corrected chi connectivity index (χ3v) is 4.35. The Labute approximate surface area is 143 Å². The number of ether oxygens (including phenoxy) is 1. The van der Waals surface area contributed by atoms with E-state index < -0.39 is 5.97 Å². The second kappa shape index (κ2) is 7.26. The van der Waals surface area contributed by atoms with Gasteiger partial charge in [-0.3, -0.25) is 4.79 Å². The zero-order valence-electron chi connectivity index (χ0n) is 14.6. The van der Waals surface area contributed by atoms with Gasteiger partial charge in [-0.25, -0.2) is 4.79 Å². The highest BCUT2D eigenvalue weighted by molar-refractivity contribution is 6.01. The van der Waals surface area contributed by atoms with Crippen molar-refractivity contribution in [2.75, 3.05) is 6.61 Å². The van der Waals surface area contributed by atoms with Gasteiger partial charge in [-0.05, 0) is 67.6 Å². The summed E-state index contributed by atoms with van der Waals surface area (Å²) in [5.74, 6) is -0.678. The summed E-state index contributed by atoms with van der Waals surface area (Å²) < 4.78 is 5.18. The lowest BCUT2D eigenvalue weighted by molar-refractivity contribution is 0.0474. The first-order chi connectivity index (χ1) is 11.3. The molecule has 0 fully saturated rings. The van der Waals surface area contributed by atoms with Crippen molar-refractivity contribution in [1.82, 2.24) is 0 Å². The molecule has 0 saturated heterocycles. The maximum absolute atomic E-state index is 12.5. The van der Waals surface area contributed by atoms with Gasteiger partial charge in [0.05, 0.1) is 5.56 Å². The third-order valence-electron chi connectivity index (χ3n) is 4.35. The smallest absolute Gasteiger partial charge is 0.338 e. The molecule has 0 heterocycles. The monoisotopic (exact) mass is 322 g/mol. The van der Waals surface area contributed by atoms with Gasteiger partial charge in [0.15, 0.2) is 6.61 Å². The van der Waals surface area contributed by atoms with Crippen LogP contribution in [0.4, 0.5) is 0 Å². The number of hydrogen-bond donors (Lipinski definition) is 0. The largest absolute Gasteiger partial charge is 0.454 e. The molecule has 0 aliphatic rings. The van der Waals surface area contributed by atoms with Crippen LogP contribution in [0.1, 0.15) is 48.5 Å². The number of carbonyl (C=O) groups excluding carboxylic acids is 2. The minimum Gasteiger partial charge on any atom is -0.454 e. The van der Waals surface area contributed by atoms with Gasteiger partial charge in [0.1, 0.15) is 0 Å². The minimum atomic E-state index is -0.502. The van der Waals surface area contributed by atoms with Crippen molar-refractivity contribution in [2.24, 2.45) is 0 Å². The van der Waals surface area contributed by atoms with E-state index in [1.54, 1.807) is 30.3 Å². The number of carbonyl (C=O) groups is 2. The number of aryl methyl sites for hydroxylation is 2. The number of ketones is 1. The summed E-state index contributed by atoms with van der Waals surface area (Å²) >= 11 is 0. The minimum absolute atomic E-state index is 0.177. The van der Waals surface area contributed by atoms with Crippen LogP contribution < -0.4 is 0 Å². The Hall–Kier alpha value is -2.68. The molecule has 0 spiro atoms. The van der Waals surface area contributed by atoms with E-state index in [2.05, 4.69) is 6.58 Å². The fourth-order valence-electron chi connectivity index (χ4n) is 2.76. The molecule has 0 atom stereocenters. The molecule has 0 saturated carbocycles. The van der Waals surface area contributed by atoms with Crippen molar-refractivity contribution >= 4 is 17.8 Å². The Balaban J connectivity index is 2.12. The molecule has 124 valence electrons. The average molecular weight is 322 g/mol. The fourth-order valence-corrected chi connectivity index (χ4v) is 2.76. The molecular weight excluding hydrogens is 300 g/mol. The summed E-state index contributed by atoms with van der Waals surface area (Å²) in [6, 6.07) is 8.88. The van der Waals surface area contributed by atoms with Crippen LogP contribution in [0.25, 0.3) is 6.08 Å². The standard InChI is InChI=1S/C21H22O3/c1-6-17-7-9-18(10-8-17)21(23)24-12-19(22)20-14(3)11-13(2)15(4)16(20)5/h6-11H,1,12H2,2-5H3. The number of rotatable bonds is 5. The number of esters is 1. The molecule has 0 bridgehead atoms. The normalized spacial score (nSPS) is 10.3. The first kappa shape index (κ1) is 17.7. The van der Waals surface area contributed by atoms with Crippen LogP contribution in [0.5, 0.6) is 0 Å². The molecular formula is C21H22O3. The molecule has 0 aliphatic carbocycles. The Morgan fingerprint density at radius 2 is 1.62 bits per heavy atom. The highest BCUT2D eigenvalue weighted by Gasteiger charge is 2.17. The van der Waals surface area contributed by atoms with Gasteiger partial charge in [-0.15, -0.1) is 0 Å². The molecule has 0 aliphatic heterocycles. The van der Waals surface area contributed by atoms with E-state index in [1.807, 2.05) is 33.8 Å². The third kappa shape index (κ3) is 3.62. The molecule has 0 radical (unpaired) electrons. The molecule has 0 aromatic heterocycles. The van der Waals surface area contributed by atoms with Crippen LogP contribution in [-0.2, 0) is 4.74 Å². The molecule has 3 heteroatoms. The molecule has 24 heavy (non-hydrogen) atoms. The van der Waals surface area contributed by atoms with E-state index in [0.717, 1.165) is 27.8 Å². The molecule has 0 amide bonds. The summed E-state index contributed by atoms with van der Waals surface area (Å²) in [7, 11) is 0. The highest BCUT2D eigenvalue weighted by Crippen LogP contribution is 2.22. The summed E-state index contributed by atoms with van der Waals surface area (Å²) in [5.41, 5.74) is 6.09. The van der Waals surface area contributed by atoms with Crippen LogP contribution in [0.2, 0.25) is 0 Å². The lowest BCUT2D eigenvalue weighted by Gasteiger charge is -2.14. The molecule has 0 unspecified atom stereocenters. The quantitative estimate of drug-likeness (QED) is 0.597. The number of Topliss-reactive ketones (excluding diaryl/α,β-unsaturated/α-hetero) is 1. The second-order valence-corrected chi connectivity index (χ2v) is 5.96. The summed E-state index contributed by atoms with van der Waals surface area (Å²) in [6.07, 6.45) is 1.70. The molecule has 0 N–H and O–H groups in total. The number of hydrogen-bond acceptors (Lipinski definition) is 3. The van der Waals surface area contributed by atoms with Gasteiger partial charge < -0.3 is 4.74 Å². The van der Waals surface area contributed by atoms with Crippen molar-refractivity contribution < 1.29 is 14.3 Å². The maximum atomic E-state index is 12.5. The van der Waals surface area contributed by atoms with Gasteiger partial charge >= 0.3 is 5.97 Å². The van der Waals surface area contributed by atoms with Gasteiger partial charge in [0, 0.05) is 5.56 Å². The fraction of sp³-hybridized carbons (Fsp3) is 0.238. The van der Waals surface area contributed by atoms with Crippen molar-refractivity contribution in [3.63, 3.8) is 0 Å². The van der Waals surface area contributed by atoms with Crippen LogP contribution in [0, 0.1) is 27.7 Å². The van der Waals surface area contributed by atoms with E-state index >= 15 is 0 Å². The van der Waals surface area contributed by atoms with Crippen molar-refractivity contribution in [1.29, 1.82) is 0 Å². The zero-order chi connectivity index (χ0) is 17.9. The maximum Gasteiger partial charge on any atom is 0.338 e. The predicted molar refractivity (Wildman–Crippen MR) is 96.5 cm³/mol. The highest BCUT2D eigenvalue weighted by atomic mass is 16.5. The summed E-state index contributed by atoms with van der Waals surface area (Å²) in [4.78, 5) is 24.6. The van der Waals surface area contributed by atoms with E-state index in [9.17, 15) is 9.59 Å². The van der Waals surface area contributed by atoms with Crippen LogP contribution in [0.3, 0.4) is 0 Å². The van der Waals surface area contributed by atoms with Crippen molar-refractivity contribution in [2.45, 2.75) is 27.7 Å². The average Bonchev–Trinajstić information content (AvgIpc) is 2.57. The van der Waals surface area contributed by atoms with Gasteiger partial charge in [-0.2, -0.15) is 0 Å². The summed E-state index contributed by atoms with van der Waals surface area (Å²) in [5, 5.41) is 0. The molecule has 2 rings (SSSR count). The topological polar surface area (TPSA) is 43.4 Å². The Morgan fingerprint density at radius 3 is 2.21 bits per heavy atom. The van der Waals surface area contributed by atoms with E-state index in [1.165, 1.54) is 0 Å². The Morgan fingerprint density at radius 1 is 1.00 bits per heavy atom. The summed E-state index contributed by atoms with van der Waals surface area (Å²) in [6.45, 7) is 11.3. The van der Waals surface area contributed by atoms with E-state index in [-0.39, 0.29) is 12.4 Å². The van der Waals surface area contributed by atoms with Gasteiger partial charge in [0.25, 0.3) is 0 Å². The first-order valence-electron chi connectivity index (χ1n) is 7.85. The predicted octanol–water partition coefficient (Wildman–Crippen LogP) is 4.60. The molecule has 2 aromatic rings.